The first-order valence-corrected chi connectivity index (χ1v) is 9.36. The number of rotatable bonds is 3. The molecule has 0 aliphatic carbocycles. The summed E-state index contributed by atoms with van der Waals surface area (Å²) in [7, 11) is 0. The molecule has 30 heavy (non-hydrogen) atoms. The molecule has 5 rings (SSSR count). The second-order valence-electron chi connectivity index (χ2n) is 6.94. The van der Waals surface area contributed by atoms with Crippen LogP contribution in [0.15, 0.2) is 64.2 Å². The predicted molar refractivity (Wildman–Crippen MR) is 108 cm³/mol. The quantitative estimate of drug-likeness (QED) is 0.415. The van der Waals surface area contributed by atoms with Crippen molar-refractivity contribution in [2.24, 2.45) is 0 Å². The van der Waals surface area contributed by atoms with Gasteiger partial charge in [-0.1, -0.05) is 24.3 Å². The molecule has 0 amide bonds. The summed E-state index contributed by atoms with van der Waals surface area (Å²) in [6, 6.07) is 16.2. The standard InChI is InChI=1S/C22H19N3O4.Na/c1-14-21-17(23-25(22(21)27)16-5-3-2-4-6-16)12-20(26)24(14)13-15-7-8-18-19(11-15)29-10-9-28-18;/h2-8,11-12H,9-10,13H2,1H3,(H,23,26);/q;+1/p-1. The summed E-state index contributed by atoms with van der Waals surface area (Å²) >= 11 is 0. The van der Waals surface area contributed by atoms with Crippen molar-refractivity contribution in [2.75, 3.05) is 13.2 Å². The summed E-state index contributed by atoms with van der Waals surface area (Å²) in [6.45, 7) is 3.13. The molecule has 0 saturated carbocycles. The van der Waals surface area contributed by atoms with Gasteiger partial charge in [0.25, 0.3) is 0 Å². The van der Waals surface area contributed by atoms with E-state index in [4.69, 9.17) is 9.47 Å². The van der Waals surface area contributed by atoms with Crippen molar-refractivity contribution in [1.29, 1.82) is 0 Å². The van der Waals surface area contributed by atoms with Crippen LogP contribution in [0.5, 0.6) is 11.5 Å². The maximum Gasteiger partial charge on any atom is 1.00 e. The van der Waals surface area contributed by atoms with Gasteiger partial charge in [0.1, 0.15) is 13.2 Å². The van der Waals surface area contributed by atoms with Gasteiger partial charge in [-0.15, -0.1) is 5.52 Å². The molecule has 0 N–H and O–H groups in total. The minimum Gasteiger partial charge on any atom is -0.587 e. The first-order valence-electron chi connectivity index (χ1n) is 9.36. The molecule has 2 aromatic heterocycles. The fourth-order valence-corrected chi connectivity index (χ4v) is 3.66. The topological polar surface area (TPSA) is 76.6 Å². The normalized spacial score (nSPS) is 12.6. The molecule has 1 aliphatic rings. The zero-order valence-corrected chi connectivity index (χ0v) is 18.8. The van der Waals surface area contributed by atoms with Crippen LogP contribution >= 0.6 is 0 Å². The summed E-state index contributed by atoms with van der Waals surface area (Å²) in [5.41, 5.74) is 2.11. The Kier molecular flexibility index (Phi) is 5.60. The van der Waals surface area contributed by atoms with E-state index in [9.17, 15) is 9.59 Å². The number of benzene rings is 2. The van der Waals surface area contributed by atoms with E-state index in [0.29, 0.717) is 53.5 Å². The van der Waals surface area contributed by atoms with E-state index in [1.54, 1.807) is 11.5 Å². The minimum absolute atomic E-state index is 0. The summed E-state index contributed by atoms with van der Waals surface area (Å²) < 4.78 is 14.1. The van der Waals surface area contributed by atoms with Crippen LogP contribution in [0.25, 0.3) is 16.6 Å². The number of nitrogens with zero attached hydrogens (tertiary/aromatic N) is 3. The van der Waals surface area contributed by atoms with Crippen LogP contribution in [-0.2, 0) is 6.54 Å². The monoisotopic (exact) mass is 411 g/mol. The van der Waals surface area contributed by atoms with E-state index in [1.165, 1.54) is 10.7 Å². The van der Waals surface area contributed by atoms with Gasteiger partial charge in [-0.25, -0.2) is 0 Å². The second kappa shape index (κ2) is 8.18. The fourth-order valence-electron chi connectivity index (χ4n) is 3.66. The molecule has 3 heterocycles. The molecule has 0 bridgehead atoms. The third-order valence-corrected chi connectivity index (χ3v) is 5.11. The Bertz CT molecular complexity index is 1340. The van der Waals surface area contributed by atoms with E-state index in [-0.39, 0.29) is 40.7 Å². The number of hydrogen-bond donors (Lipinski definition) is 0. The number of ether oxygens (including phenoxy) is 2. The molecule has 0 spiro atoms. The molecule has 0 atom stereocenters. The van der Waals surface area contributed by atoms with Crippen LogP contribution in [0.3, 0.4) is 0 Å². The van der Waals surface area contributed by atoms with E-state index in [0.717, 1.165) is 5.56 Å². The minimum atomic E-state index is -0.236. The summed E-state index contributed by atoms with van der Waals surface area (Å²) in [5, 5.41) is 4.81. The van der Waals surface area contributed by atoms with Gasteiger partial charge in [0.05, 0.1) is 6.54 Å². The van der Waals surface area contributed by atoms with E-state index in [2.05, 4.69) is 5.10 Å². The second-order valence-corrected chi connectivity index (χ2v) is 6.94. The molecule has 0 saturated heterocycles. The molecular weight excluding hydrogens is 393 g/mol. The average Bonchev–Trinajstić information content (AvgIpc) is 3.07. The smallest absolute Gasteiger partial charge is 0.587 e. The number of aryl methyl sites for hydroxylation is 1. The third kappa shape index (κ3) is 3.49. The molecule has 1 aliphatic heterocycles. The molecule has 7 nitrogen and oxygen atoms in total. The maximum absolute atomic E-state index is 13.0. The number of pyridine rings is 1. The van der Waals surface area contributed by atoms with Crippen LogP contribution in [0.1, 0.15) is 11.3 Å². The Labute approximate surface area is 194 Å². The molecule has 0 unspecified atom stereocenters. The first-order chi connectivity index (χ1) is 14.1. The predicted octanol–water partition coefficient (Wildman–Crippen LogP) is -0.758. The van der Waals surface area contributed by atoms with Crippen molar-refractivity contribution in [3.8, 4) is 17.2 Å². The SMILES string of the molecule is Cc1c2c(=O)n(-c3ccccc3)[n-]c2cc(=O)n1Cc1ccc2c(c1)OCCO2.[Na+]. The van der Waals surface area contributed by atoms with Crippen molar-refractivity contribution in [1.82, 2.24) is 14.3 Å². The van der Waals surface area contributed by atoms with Crippen molar-refractivity contribution in [2.45, 2.75) is 13.5 Å². The molecule has 0 fully saturated rings. The molecular formula is C22H18N3NaO4. The van der Waals surface area contributed by atoms with Gasteiger partial charge >= 0.3 is 29.6 Å². The average molecular weight is 411 g/mol. The zero-order valence-electron chi connectivity index (χ0n) is 16.8. The Morgan fingerprint density at radius 1 is 0.967 bits per heavy atom. The Morgan fingerprint density at radius 2 is 1.70 bits per heavy atom. The van der Waals surface area contributed by atoms with E-state index in [1.807, 2.05) is 48.5 Å². The fraction of sp³-hybridized carbons (Fsp3) is 0.182. The Morgan fingerprint density at radius 3 is 2.47 bits per heavy atom. The van der Waals surface area contributed by atoms with Gasteiger partial charge in [0.15, 0.2) is 11.5 Å². The summed E-state index contributed by atoms with van der Waals surface area (Å²) in [4.78, 5) is 25.8. The largest absolute Gasteiger partial charge is 1.00 e. The van der Waals surface area contributed by atoms with Crippen molar-refractivity contribution >= 4 is 10.9 Å². The Balaban J connectivity index is 0.00000218. The molecule has 146 valence electrons. The number of hydrogen-bond acceptors (Lipinski definition) is 4. The zero-order chi connectivity index (χ0) is 20.0. The van der Waals surface area contributed by atoms with Gasteiger partial charge in [-0.05, 0) is 42.8 Å². The number of fused-ring (bicyclic) bond motifs is 2. The van der Waals surface area contributed by atoms with Crippen LogP contribution in [0.4, 0.5) is 0 Å². The Hall–Kier alpha value is -2.74. The van der Waals surface area contributed by atoms with Gasteiger partial charge in [-0.3, -0.25) is 9.59 Å². The molecule has 4 aromatic rings. The van der Waals surface area contributed by atoms with Crippen molar-refractivity contribution < 1.29 is 39.0 Å². The van der Waals surface area contributed by atoms with Crippen LogP contribution in [-0.4, -0.2) is 22.5 Å². The maximum atomic E-state index is 13.0. The van der Waals surface area contributed by atoms with Crippen LogP contribution in [0, 0.1) is 6.92 Å². The summed E-state index contributed by atoms with van der Waals surface area (Å²) in [6.07, 6.45) is 0. The summed E-state index contributed by atoms with van der Waals surface area (Å²) in [5.74, 6) is 1.37. The first kappa shape index (κ1) is 20.5. The third-order valence-electron chi connectivity index (χ3n) is 5.11. The molecule has 8 heteroatoms. The van der Waals surface area contributed by atoms with Gasteiger partial charge < -0.3 is 23.8 Å². The molecule has 2 aromatic carbocycles. The van der Waals surface area contributed by atoms with E-state index >= 15 is 0 Å². The van der Waals surface area contributed by atoms with E-state index < -0.39 is 0 Å². The van der Waals surface area contributed by atoms with Gasteiger partial charge in [-0.2, -0.15) is 0 Å². The van der Waals surface area contributed by atoms with Crippen molar-refractivity contribution in [3.05, 3.63) is 86.6 Å². The van der Waals surface area contributed by atoms with Gasteiger partial charge in [0, 0.05) is 16.8 Å². The number of para-hydroxylation sites is 1. The molecule has 0 radical (unpaired) electrons. The van der Waals surface area contributed by atoms with Crippen LogP contribution < -0.4 is 55.2 Å². The number of aromatic nitrogens is 3. The van der Waals surface area contributed by atoms with Crippen LogP contribution in [0.2, 0.25) is 0 Å². The van der Waals surface area contributed by atoms with Crippen molar-refractivity contribution in [3.63, 3.8) is 0 Å². The van der Waals surface area contributed by atoms with Gasteiger partial charge in [0.2, 0.25) is 11.1 Å².